The molecule has 0 unspecified atom stereocenters. The van der Waals surface area contributed by atoms with E-state index in [-0.39, 0.29) is 17.7 Å². The Morgan fingerprint density at radius 3 is 1.89 bits per heavy atom. The van der Waals surface area contributed by atoms with Crippen LogP contribution >= 0.6 is 0 Å². The highest BCUT2D eigenvalue weighted by molar-refractivity contribution is 5.34. The molecule has 0 aliphatic rings. The fourth-order valence-electron chi connectivity index (χ4n) is 2.13. The molecule has 0 fully saturated rings. The van der Waals surface area contributed by atoms with Gasteiger partial charge in [0, 0.05) is 18.2 Å². The molecule has 2 aromatic carbocycles. The molecule has 2 rings (SSSR count). The lowest BCUT2D eigenvalue weighted by Crippen LogP contribution is -2.14. The number of rotatable bonds is 6. The fourth-order valence-corrected chi connectivity index (χ4v) is 2.13. The van der Waals surface area contributed by atoms with E-state index in [1.807, 2.05) is 46.7 Å². The molecule has 0 atom stereocenters. The predicted octanol–water partition coefficient (Wildman–Crippen LogP) is 6.06. The highest BCUT2D eigenvalue weighted by Crippen LogP contribution is 2.22. The quantitative estimate of drug-likeness (QED) is 0.589. The Morgan fingerprint density at radius 1 is 0.893 bits per heavy atom. The van der Waals surface area contributed by atoms with E-state index in [0.29, 0.717) is 13.2 Å². The molecule has 0 radical (unpaired) electrons. The van der Waals surface area contributed by atoms with E-state index in [1.54, 1.807) is 13.0 Å². The van der Waals surface area contributed by atoms with Crippen molar-refractivity contribution in [1.82, 2.24) is 4.90 Å². The van der Waals surface area contributed by atoms with Crippen LogP contribution in [0.25, 0.3) is 0 Å². The van der Waals surface area contributed by atoms with Crippen molar-refractivity contribution in [2.45, 2.75) is 47.3 Å². The summed E-state index contributed by atoms with van der Waals surface area (Å²) in [5, 5.41) is 0. The van der Waals surface area contributed by atoms with Crippen LogP contribution in [-0.4, -0.2) is 31.7 Å². The number of hydrogen-bond donors (Lipinski definition) is 0. The molecule has 6 heteroatoms. The van der Waals surface area contributed by atoms with Gasteiger partial charge >= 0.3 is 0 Å². The van der Waals surface area contributed by atoms with Crippen LogP contribution in [0.1, 0.15) is 40.2 Å². The highest BCUT2D eigenvalue weighted by atomic mass is 19.1. The molecule has 0 bridgehead atoms. The normalized spacial score (nSPS) is 10.0. The van der Waals surface area contributed by atoms with Crippen molar-refractivity contribution in [3.05, 3.63) is 59.4 Å². The van der Waals surface area contributed by atoms with Crippen LogP contribution in [0.4, 0.5) is 13.2 Å². The molecule has 0 aliphatic heterocycles. The van der Waals surface area contributed by atoms with Crippen molar-refractivity contribution in [3.63, 3.8) is 0 Å². The maximum Gasteiger partial charge on any atom is 0.167 e. The number of hydrogen-bond acceptors (Lipinski definition) is 3. The Labute approximate surface area is 167 Å². The van der Waals surface area contributed by atoms with E-state index in [9.17, 15) is 13.2 Å². The van der Waals surface area contributed by atoms with Gasteiger partial charge in [0.05, 0.1) is 12.7 Å². The van der Waals surface area contributed by atoms with Crippen LogP contribution in [0.2, 0.25) is 0 Å². The minimum absolute atomic E-state index is 0.0916. The molecule has 0 saturated heterocycles. The first kappa shape index (κ1) is 25.8. The van der Waals surface area contributed by atoms with Gasteiger partial charge in [-0.15, -0.1) is 0 Å². The van der Waals surface area contributed by atoms with Gasteiger partial charge in [0.15, 0.2) is 11.6 Å². The Kier molecular flexibility index (Phi) is 12.8. The van der Waals surface area contributed by atoms with E-state index in [2.05, 4.69) is 0 Å². The maximum atomic E-state index is 13.1. The van der Waals surface area contributed by atoms with Crippen LogP contribution < -0.4 is 9.47 Å². The summed E-state index contributed by atoms with van der Waals surface area (Å²) in [6.07, 6.45) is 0.108. The van der Waals surface area contributed by atoms with Gasteiger partial charge in [0.2, 0.25) is 0 Å². The van der Waals surface area contributed by atoms with E-state index in [1.165, 1.54) is 18.2 Å². The van der Waals surface area contributed by atoms with Gasteiger partial charge in [0.1, 0.15) is 17.4 Å². The number of halogens is 3. The largest absolute Gasteiger partial charge is 0.491 e. The second-order valence-corrected chi connectivity index (χ2v) is 6.16. The van der Waals surface area contributed by atoms with Gasteiger partial charge in [-0.2, -0.15) is 0 Å². The summed E-state index contributed by atoms with van der Waals surface area (Å²) >= 11 is 0. The third-order valence-corrected chi connectivity index (χ3v) is 3.07. The van der Waals surface area contributed by atoms with Crippen molar-refractivity contribution in [3.8, 4) is 11.5 Å². The SMILES string of the molecule is CC.CC(C)Oc1ccc(F)cc1CN(C)C.CCOc1ccc(F)cc1F. The third kappa shape index (κ3) is 10.2. The van der Waals surface area contributed by atoms with Gasteiger partial charge in [-0.1, -0.05) is 13.8 Å². The molecule has 0 N–H and O–H groups in total. The van der Waals surface area contributed by atoms with Crippen molar-refractivity contribution in [2.24, 2.45) is 0 Å². The number of benzene rings is 2. The van der Waals surface area contributed by atoms with Gasteiger partial charge < -0.3 is 14.4 Å². The zero-order valence-corrected chi connectivity index (χ0v) is 17.9. The maximum absolute atomic E-state index is 13.1. The highest BCUT2D eigenvalue weighted by Gasteiger charge is 2.08. The number of ether oxygens (including phenoxy) is 2. The summed E-state index contributed by atoms with van der Waals surface area (Å²) in [6.45, 7) is 10.7. The van der Waals surface area contributed by atoms with Crippen LogP contribution in [0.15, 0.2) is 36.4 Å². The Balaban J connectivity index is 0.000000497. The van der Waals surface area contributed by atoms with E-state index >= 15 is 0 Å². The lowest BCUT2D eigenvalue weighted by Gasteiger charge is -2.17. The molecule has 0 aliphatic carbocycles. The topological polar surface area (TPSA) is 21.7 Å². The van der Waals surface area contributed by atoms with Crippen molar-refractivity contribution in [2.75, 3.05) is 20.7 Å². The first-order valence-electron chi connectivity index (χ1n) is 9.40. The minimum Gasteiger partial charge on any atom is -0.491 e. The van der Waals surface area contributed by atoms with Crippen LogP contribution in [0.5, 0.6) is 11.5 Å². The monoisotopic (exact) mass is 399 g/mol. The lowest BCUT2D eigenvalue weighted by atomic mass is 10.2. The Morgan fingerprint density at radius 2 is 1.43 bits per heavy atom. The first-order valence-corrected chi connectivity index (χ1v) is 9.40. The second kappa shape index (κ2) is 13.9. The summed E-state index contributed by atoms with van der Waals surface area (Å²) in [4.78, 5) is 1.99. The Hall–Kier alpha value is -2.21. The van der Waals surface area contributed by atoms with Gasteiger partial charge in [-0.05, 0) is 65.2 Å². The molecule has 0 saturated carbocycles. The molecule has 0 heterocycles. The average Bonchev–Trinajstić information content (AvgIpc) is 2.61. The molecular formula is C22H32F3NO2. The molecule has 158 valence electrons. The molecule has 0 spiro atoms. The zero-order chi connectivity index (χ0) is 21.7. The molecule has 0 amide bonds. The summed E-state index contributed by atoms with van der Waals surface area (Å²) in [7, 11) is 3.90. The van der Waals surface area contributed by atoms with E-state index in [0.717, 1.165) is 23.4 Å². The summed E-state index contributed by atoms with van der Waals surface area (Å²) in [5.74, 6) is -0.616. The predicted molar refractivity (Wildman–Crippen MR) is 108 cm³/mol. The molecule has 2 aromatic rings. The molecule has 3 nitrogen and oxygen atoms in total. The standard InChI is InChI=1S/C12H18FNO.C8H8F2O.C2H6/c1-9(2)15-12-6-5-11(13)7-10(12)8-14(3)4;1-2-11-8-4-3-6(9)5-7(8)10;1-2/h5-7,9H,8H2,1-4H3;3-5H,2H2,1H3;1-2H3. The van der Waals surface area contributed by atoms with E-state index < -0.39 is 11.6 Å². The molecular weight excluding hydrogens is 367 g/mol. The van der Waals surface area contributed by atoms with Crippen molar-refractivity contribution >= 4 is 0 Å². The first-order chi connectivity index (χ1) is 13.2. The van der Waals surface area contributed by atoms with E-state index in [4.69, 9.17) is 9.47 Å². The van der Waals surface area contributed by atoms with Crippen molar-refractivity contribution < 1.29 is 22.6 Å². The number of nitrogens with zero attached hydrogens (tertiary/aromatic N) is 1. The average molecular weight is 399 g/mol. The van der Waals surface area contributed by atoms with Crippen LogP contribution in [-0.2, 0) is 6.54 Å². The summed E-state index contributed by atoms with van der Waals surface area (Å²) in [5.41, 5.74) is 0.883. The lowest BCUT2D eigenvalue weighted by molar-refractivity contribution is 0.236. The Bertz CT molecular complexity index is 691. The smallest absolute Gasteiger partial charge is 0.167 e. The third-order valence-electron chi connectivity index (χ3n) is 3.07. The fraction of sp³-hybridized carbons (Fsp3) is 0.455. The second-order valence-electron chi connectivity index (χ2n) is 6.16. The summed E-state index contributed by atoms with van der Waals surface area (Å²) in [6, 6.07) is 7.87. The van der Waals surface area contributed by atoms with Gasteiger partial charge in [0.25, 0.3) is 0 Å². The molecule has 28 heavy (non-hydrogen) atoms. The zero-order valence-electron chi connectivity index (χ0n) is 17.9. The van der Waals surface area contributed by atoms with Gasteiger partial charge in [-0.25, -0.2) is 13.2 Å². The summed E-state index contributed by atoms with van der Waals surface area (Å²) < 4.78 is 48.5. The van der Waals surface area contributed by atoms with Crippen molar-refractivity contribution in [1.29, 1.82) is 0 Å². The van der Waals surface area contributed by atoms with Gasteiger partial charge in [-0.3, -0.25) is 0 Å². The molecule has 0 aromatic heterocycles. The minimum atomic E-state index is -0.660. The van der Waals surface area contributed by atoms with Crippen LogP contribution in [0.3, 0.4) is 0 Å². The van der Waals surface area contributed by atoms with Crippen LogP contribution in [0, 0.1) is 17.5 Å².